The highest BCUT2D eigenvalue weighted by Crippen LogP contribution is 2.29. The Morgan fingerprint density at radius 1 is 1.00 bits per heavy atom. The van der Waals surface area contributed by atoms with Crippen LogP contribution in [0.25, 0.3) is 0 Å². The van der Waals surface area contributed by atoms with Crippen molar-refractivity contribution in [3.8, 4) is 0 Å². The molecule has 0 unspecified atom stereocenters. The summed E-state index contributed by atoms with van der Waals surface area (Å²) in [6.45, 7) is 5.52. The molecule has 1 saturated carbocycles. The molecule has 1 aromatic heterocycles. The number of aromatic nitrogens is 2. The molecule has 1 fully saturated rings. The monoisotopic (exact) mass is 654 g/mol. The maximum absolute atomic E-state index is 14.2. The number of carbonyl (C=O) groups is 4. The van der Waals surface area contributed by atoms with Crippen LogP contribution in [0.3, 0.4) is 0 Å². The number of aromatic amines is 1. The van der Waals surface area contributed by atoms with E-state index in [1.165, 1.54) is 45.7 Å². The number of aliphatic hydroxyl groups excluding tert-OH is 1. The molecular formula is C35H54N6O6. The van der Waals surface area contributed by atoms with Gasteiger partial charge in [-0.15, -0.1) is 0 Å². The Morgan fingerprint density at radius 3 is 2.28 bits per heavy atom. The fourth-order valence-electron chi connectivity index (χ4n) is 6.00. The van der Waals surface area contributed by atoms with Gasteiger partial charge in [-0.2, -0.15) is 0 Å². The Hall–Kier alpha value is -3.93. The number of hydrazine groups is 1. The Bertz CT molecular complexity index is 1270. The normalized spacial score (nSPS) is 16.1. The number of imidazole rings is 1. The molecule has 4 atom stereocenters. The summed E-state index contributed by atoms with van der Waals surface area (Å²) >= 11 is 0. The van der Waals surface area contributed by atoms with E-state index in [9.17, 15) is 24.3 Å². The molecule has 12 heteroatoms. The van der Waals surface area contributed by atoms with Gasteiger partial charge < -0.3 is 25.0 Å². The van der Waals surface area contributed by atoms with E-state index >= 15 is 0 Å². The van der Waals surface area contributed by atoms with Crippen molar-refractivity contribution < 1.29 is 29.0 Å². The molecule has 1 aliphatic carbocycles. The first-order valence-electron chi connectivity index (χ1n) is 16.8. The van der Waals surface area contributed by atoms with E-state index in [2.05, 4.69) is 29.1 Å². The lowest BCUT2D eigenvalue weighted by Gasteiger charge is -2.35. The highest BCUT2D eigenvalue weighted by Gasteiger charge is 2.37. The van der Waals surface area contributed by atoms with Gasteiger partial charge in [-0.25, -0.2) is 14.8 Å². The fraction of sp³-hybridized carbons (Fsp3) is 0.629. The van der Waals surface area contributed by atoms with E-state index < -0.39 is 42.2 Å². The molecule has 260 valence electrons. The smallest absolute Gasteiger partial charge is 0.429 e. The first-order chi connectivity index (χ1) is 22.4. The van der Waals surface area contributed by atoms with E-state index in [1.807, 2.05) is 30.3 Å². The second-order valence-corrected chi connectivity index (χ2v) is 13.3. The predicted molar refractivity (Wildman–Crippen MR) is 179 cm³/mol. The van der Waals surface area contributed by atoms with E-state index in [0.29, 0.717) is 30.4 Å². The lowest BCUT2D eigenvalue weighted by atomic mass is 9.83. The molecule has 3 N–H and O–H groups in total. The van der Waals surface area contributed by atoms with Gasteiger partial charge >= 0.3 is 6.09 Å². The summed E-state index contributed by atoms with van der Waals surface area (Å²) in [5.74, 6) is -0.564. The minimum Gasteiger partial charge on any atom is -0.434 e. The molecule has 1 aromatic carbocycles. The van der Waals surface area contributed by atoms with Crippen LogP contribution in [0.2, 0.25) is 0 Å². The topological polar surface area (TPSA) is 148 Å². The van der Waals surface area contributed by atoms with Gasteiger partial charge in [0.2, 0.25) is 11.8 Å². The van der Waals surface area contributed by atoms with Crippen molar-refractivity contribution in [3.05, 3.63) is 54.1 Å². The highest BCUT2D eigenvalue weighted by atomic mass is 16.6. The number of hydrogen-bond donors (Lipinski definition) is 3. The van der Waals surface area contributed by atoms with Crippen molar-refractivity contribution >= 4 is 23.8 Å². The molecule has 0 radical (unpaired) electrons. The maximum atomic E-state index is 14.2. The first kappa shape index (κ1) is 37.5. The number of H-pyrrole nitrogens is 1. The molecule has 0 saturated heterocycles. The van der Waals surface area contributed by atoms with Crippen molar-refractivity contribution in [1.29, 1.82) is 0 Å². The quantitative estimate of drug-likeness (QED) is 0.245. The van der Waals surface area contributed by atoms with Crippen LogP contribution >= 0.6 is 0 Å². The SMILES string of the molecule is CC(=O)N(C)N(C)C(=O)O[C@@H](Cc1ccccc1)C(=O)N(C)[C@@H](Cc1c[nH]cn1)C(=O)N[C@@H](CC1CCCCC1)[C@@H](O)CCC(C)C. The predicted octanol–water partition coefficient (Wildman–Crippen LogP) is 4.10. The third-order valence-electron chi connectivity index (χ3n) is 9.17. The van der Waals surface area contributed by atoms with E-state index in [1.54, 1.807) is 6.20 Å². The van der Waals surface area contributed by atoms with Gasteiger partial charge in [0, 0.05) is 47.1 Å². The number of likely N-dealkylation sites (N-methyl/N-ethyl adjacent to an activating group) is 1. The number of rotatable bonds is 15. The highest BCUT2D eigenvalue weighted by molar-refractivity contribution is 5.90. The van der Waals surface area contributed by atoms with Crippen molar-refractivity contribution in [2.45, 2.75) is 109 Å². The Kier molecular flexibility index (Phi) is 14.7. The minimum absolute atomic E-state index is 0.0579. The number of hydrogen-bond acceptors (Lipinski definition) is 7. The van der Waals surface area contributed by atoms with Gasteiger partial charge in [0.05, 0.1) is 24.2 Å². The Morgan fingerprint density at radius 2 is 1.68 bits per heavy atom. The van der Waals surface area contributed by atoms with Gasteiger partial charge in [-0.05, 0) is 36.7 Å². The average Bonchev–Trinajstić information content (AvgIpc) is 3.58. The lowest BCUT2D eigenvalue weighted by Crippen LogP contribution is -2.56. The summed E-state index contributed by atoms with van der Waals surface area (Å²) in [5.41, 5.74) is 1.33. The third-order valence-corrected chi connectivity index (χ3v) is 9.17. The third kappa shape index (κ3) is 11.7. The number of nitrogens with one attached hydrogen (secondary N) is 2. The summed E-state index contributed by atoms with van der Waals surface area (Å²) in [5, 5.41) is 16.5. The van der Waals surface area contributed by atoms with Crippen LogP contribution in [-0.2, 0) is 32.0 Å². The molecule has 1 aliphatic rings. The van der Waals surface area contributed by atoms with Crippen molar-refractivity contribution in [1.82, 2.24) is 30.2 Å². The van der Waals surface area contributed by atoms with Crippen LogP contribution in [0.15, 0.2) is 42.9 Å². The van der Waals surface area contributed by atoms with E-state index in [0.717, 1.165) is 47.7 Å². The zero-order valence-corrected chi connectivity index (χ0v) is 28.9. The fourth-order valence-corrected chi connectivity index (χ4v) is 6.00. The number of nitrogens with zero attached hydrogens (tertiary/aromatic N) is 4. The molecule has 4 amide bonds. The van der Waals surface area contributed by atoms with Crippen LogP contribution in [0, 0.1) is 11.8 Å². The summed E-state index contributed by atoms with van der Waals surface area (Å²) in [6, 6.07) is 7.66. The largest absolute Gasteiger partial charge is 0.434 e. The minimum atomic E-state index is -1.29. The molecule has 2 aromatic rings. The Labute approximate surface area is 279 Å². The van der Waals surface area contributed by atoms with Crippen LogP contribution in [-0.4, -0.2) is 99.2 Å². The molecule has 0 aliphatic heterocycles. The van der Waals surface area contributed by atoms with Crippen LogP contribution in [0.5, 0.6) is 0 Å². The molecule has 3 rings (SSSR count). The van der Waals surface area contributed by atoms with Gasteiger partial charge in [-0.1, -0.05) is 76.3 Å². The number of carbonyl (C=O) groups excluding carboxylic acids is 4. The molecule has 1 heterocycles. The van der Waals surface area contributed by atoms with Gasteiger partial charge in [0.25, 0.3) is 5.91 Å². The van der Waals surface area contributed by atoms with Gasteiger partial charge in [0.1, 0.15) is 6.04 Å². The lowest BCUT2D eigenvalue weighted by molar-refractivity contribution is -0.148. The molecule has 0 spiro atoms. The number of aliphatic hydroxyl groups is 1. The Balaban J connectivity index is 1.89. The standard InChI is InChI=1S/C35H54N6O6/c1-24(2)17-18-31(43)29(19-26-13-9-7-10-14-26)38-33(44)30(21-28-22-36-23-37-28)39(4)34(45)32(20-27-15-11-8-12-16-27)47-35(46)41(6)40(5)25(3)42/h8,11-12,15-16,22-24,26,29-32,43H,7,9-10,13-14,17-21H2,1-6H3,(H,36,37)(H,38,44)/t29-,30-,31-,32-/m0/s1. The molecular weight excluding hydrogens is 600 g/mol. The van der Waals surface area contributed by atoms with Gasteiger partial charge in [0.15, 0.2) is 6.10 Å². The van der Waals surface area contributed by atoms with Crippen LogP contribution in [0.1, 0.15) is 83.4 Å². The summed E-state index contributed by atoms with van der Waals surface area (Å²) < 4.78 is 5.72. The summed E-state index contributed by atoms with van der Waals surface area (Å²) in [4.78, 5) is 61.9. The van der Waals surface area contributed by atoms with Crippen molar-refractivity contribution in [2.75, 3.05) is 21.1 Å². The second-order valence-electron chi connectivity index (χ2n) is 13.3. The van der Waals surface area contributed by atoms with Crippen molar-refractivity contribution in [3.63, 3.8) is 0 Å². The van der Waals surface area contributed by atoms with Crippen molar-refractivity contribution in [2.24, 2.45) is 11.8 Å². The number of benzene rings is 1. The molecule has 0 bridgehead atoms. The zero-order valence-electron chi connectivity index (χ0n) is 28.9. The first-order valence-corrected chi connectivity index (χ1v) is 16.8. The maximum Gasteiger partial charge on any atom is 0.429 e. The van der Waals surface area contributed by atoms with E-state index in [-0.39, 0.29) is 18.7 Å². The molecule has 12 nitrogen and oxygen atoms in total. The average molecular weight is 655 g/mol. The van der Waals surface area contributed by atoms with E-state index in [4.69, 9.17) is 4.74 Å². The summed E-state index contributed by atoms with van der Waals surface area (Å²) in [7, 11) is 4.32. The number of amides is 4. The summed E-state index contributed by atoms with van der Waals surface area (Å²) in [6.07, 6.45) is 8.12. The van der Waals surface area contributed by atoms with Crippen LogP contribution < -0.4 is 5.32 Å². The van der Waals surface area contributed by atoms with Gasteiger partial charge in [-0.3, -0.25) is 19.4 Å². The zero-order chi connectivity index (χ0) is 34.5. The second kappa shape index (κ2) is 18.4. The molecule has 47 heavy (non-hydrogen) atoms. The van der Waals surface area contributed by atoms with Crippen LogP contribution in [0.4, 0.5) is 4.79 Å². The number of ether oxygens (including phenoxy) is 1.